The van der Waals surface area contributed by atoms with Crippen molar-refractivity contribution in [3.05, 3.63) is 0 Å². The van der Waals surface area contributed by atoms with Crippen LogP contribution < -0.4 is 10.5 Å². The van der Waals surface area contributed by atoms with Gasteiger partial charge in [0.15, 0.2) is 5.82 Å². The van der Waals surface area contributed by atoms with Gasteiger partial charge in [-0.25, -0.2) is 0 Å². The summed E-state index contributed by atoms with van der Waals surface area (Å²) in [6.45, 7) is 9.94. The van der Waals surface area contributed by atoms with Gasteiger partial charge in [-0.3, -0.25) is 0 Å². The summed E-state index contributed by atoms with van der Waals surface area (Å²) in [6.07, 6.45) is 0.956. The maximum atomic E-state index is 5.90. The van der Waals surface area contributed by atoms with Gasteiger partial charge in [0.25, 0.3) is 0 Å². The van der Waals surface area contributed by atoms with Crippen LogP contribution in [0.2, 0.25) is 0 Å². The van der Waals surface area contributed by atoms with E-state index < -0.39 is 8.80 Å². The van der Waals surface area contributed by atoms with Crippen molar-refractivity contribution >= 4 is 62.0 Å². The normalized spacial score (nSPS) is 11.1. The fourth-order valence-electron chi connectivity index (χ4n) is 1.88. The van der Waals surface area contributed by atoms with Crippen LogP contribution in [0.3, 0.4) is 0 Å². The van der Waals surface area contributed by atoms with Crippen molar-refractivity contribution in [2.75, 3.05) is 31.7 Å². The summed E-state index contributed by atoms with van der Waals surface area (Å²) in [6, 6.07) is 0. The Kier molecular flexibility index (Phi) is 11.9. The van der Waals surface area contributed by atoms with E-state index in [4.69, 9.17) is 13.3 Å². The first-order valence-electron chi connectivity index (χ1n) is 7.23. The average Bonchev–Trinajstić information content (AvgIpc) is 2.45. The molecule has 0 saturated carbocycles. The van der Waals surface area contributed by atoms with Crippen LogP contribution in [0.1, 0.15) is 34.1 Å². The van der Waals surface area contributed by atoms with Crippen LogP contribution >= 0.6 is 12.6 Å². The SMILES string of the molecule is CCCNc1nnnc(S)c1[Si](OCC)(OCC)OCC.[NaH]. The second-order valence-corrected chi connectivity index (χ2v) is 7.02. The Balaban J connectivity index is 0.00000441. The maximum absolute atomic E-state index is 5.90. The Labute approximate surface area is 161 Å². The van der Waals surface area contributed by atoms with Gasteiger partial charge in [-0.1, -0.05) is 6.92 Å². The number of nitrogens with zero attached hydrogens (tertiary/aromatic N) is 3. The number of anilines is 1. The van der Waals surface area contributed by atoms with E-state index in [1.807, 2.05) is 20.8 Å². The van der Waals surface area contributed by atoms with Crippen LogP contribution in [0.15, 0.2) is 5.03 Å². The molecule has 0 saturated heterocycles. The molecule has 1 N–H and O–H groups in total. The Morgan fingerprint density at radius 3 is 2.00 bits per heavy atom. The van der Waals surface area contributed by atoms with Gasteiger partial charge in [-0.05, 0) is 32.4 Å². The molecule has 122 valence electrons. The quantitative estimate of drug-likeness (QED) is 0.469. The van der Waals surface area contributed by atoms with Gasteiger partial charge in [0.05, 0.1) is 0 Å². The Morgan fingerprint density at radius 1 is 1.00 bits per heavy atom. The minimum absolute atomic E-state index is 0. The van der Waals surface area contributed by atoms with Crippen LogP contribution in [0.4, 0.5) is 5.82 Å². The zero-order valence-corrected chi connectivity index (χ0v) is 14.9. The molecule has 0 amide bonds. The summed E-state index contributed by atoms with van der Waals surface area (Å²) in [5, 5.41) is 16.0. The fourth-order valence-corrected chi connectivity index (χ4v) is 5.01. The molecule has 22 heavy (non-hydrogen) atoms. The van der Waals surface area contributed by atoms with E-state index in [9.17, 15) is 0 Å². The molecule has 0 aliphatic rings. The third-order valence-corrected chi connectivity index (χ3v) is 6.21. The molecule has 0 spiro atoms. The third kappa shape index (κ3) is 5.71. The van der Waals surface area contributed by atoms with E-state index >= 15 is 0 Å². The third-order valence-electron chi connectivity index (χ3n) is 2.60. The number of hydrogen-bond acceptors (Lipinski definition) is 8. The Hall–Kier alpha value is 0.257. The molecule has 7 nitrogen and oxygen atoms in total. The van der Waals surface area contributed by atoms with Crippen molar-refractivity contribution in [1.82, 2.24) is 15.4 Å². The van der Waals surface area contributed by atoms with Crippen LogP contribution in [0.5, 0.6) is 0 Å². The molecular formula is C12H25N4NaO3SSi. The van der Waals surface area contributed by atoms with Gasteiger partial charge in [-0.15, -0.1) is 22.8 Å². The average molecular weight is 357 g/mol. The molecule has 0 aromatic carbocycles. The van der Waals surface area contributed by atoms with Gasteiger partial charge >= 0.3 is 38.4 Å². The summed E-state index contributed by atoms with van der Waals surface area (Å²) < 4.78 is 17.7. The van der Waals surface area contributed by atoms with E-state index in [0.717, 1.165) is 13.0 Å². The number of rotatable bonds is 10. The van der Waals surface area contributed by atoms with E-state index in [0.29, 0.717) is 35.9 Å². The summed E-state index contributed by atoms with van der Waals surface area (Å²) >= 11 is 4.40. The summed E-state index contributed by atoms with van der Waals surface area (Å²) in [5.74, 6) is 0.568. The van der Waals surface area contributed by atoms with Crippen LogP contribution in [0.25, 0.3) is 0 Å². The first kappa shape index (κ1) is 22.3. The first-order chi connectivity index (χ1) is 10.1. The second kappa shape index (κ2) is 11.7. The summed E-state index contributed by atoms with van der Waals surface area (Å²) in [7, 11) is -3.11. The Bertz CT molecular complexity index is 428. The van der Waals surface area contributed by atoms with Gasteiger partial charge in [0.1, 0.15) is 10.2 Å². The number of nitrogens with one attached hydrogen (secondary N) is 1. The van der Waals surface area contributed by atoms with Crippen LogP contribution in [0, 0.1) is 0 Å². The predicted molar refractivity (Wildman–Crippen MR) is 93.3 cm³/mol. The number of hydrogen-bond donors (Lipinski definition) is 2. The number of aromatic nitrogens is 3. The minimum atomic E-state index is -3.11. The molecule has 0 bridgehead atoms. The monoisotopic (exact) mass is 356 g/mol. The van der Waals surface area contributed by atoms with Crippen molar-refractivity contribution in [2.24, 2.45) is 0 Å². The van der Waals surface area contributed by atoms with Gasteiger partial charge in [-0.2, -0.15) is 0 Å². The van der Waals surface area contributed by atoms with E-state index in [1.165, 1.54) is 0 Å². The predicted octanol–water partition coefficient (Wildman–Crippen LogP) is 0.589. The second-order valence-electron chi connectivity index (χ2n) is 4.12. The Morgan fingerprint density at radius 2 is 1.55 bits per heavy atom. The molecule has 0 radical (unpaired) electrons. The molecule has 1 rings (SSSR count). The van der Waals surface area contributed by atoms with E-state index in [2.05, 4.69) is 40.3 Å². The molecule has 1 heterocycles. The van der Waals surface area contributed by atoms with Crippen LogP contribution in [-0.2, 0) is 13.3 Å². The standard InChI is InChI=1S/C12H24N4O3SSi.Na.H/c1-5-9-13-11-10(12(20)15-16-14-11)21(17-6-2,18-7-3)19-8-4;;/h5-9H2,1-4H3,(H2,13,14,15,20);;. The van der Waals surface area contributed by atoms with E-state index in [-0.39, 0.29) is 29.6 Å². The van der Waals surface area contributed by atoms with Gasteiger partial charge < -0.3 is 18.6 Å². The van der Waals surface area contributed by atoms with Crippen molar-refractivity contribution in [2.45, 2.75) is 39.1 Å². The molecule has 0 aliphatic heterocycles. The molecule has 0 aliphatic carbocycles. The molecular weight excluding hydrogens is 331 g/mol. The van der Waals surface area contributed by atoms with Crippen LogP contribution in [-0.4, -0.2) is 80.1 Å². The fraction of sp³-hybridized carbons (Fsp3) is 0.750. The molecule has 10 heteroatoms. The van der Waals surface area contributed by atoms with Crippen molar-refractivity contribution < 1.29 is 13.3 Å². The van der Waals surface area contributed by atoms with Gasteiger partial charge in [0.2, 0.25) is 0 Å². The number of thiol groups is 1. The van der Waals surface area contributed by atoms with Crippen molar-refractivity contribution in [3.63, 3.8) is 0 Å². The van der Waals surface area contributed by atoms with Crippen molar-refractivity contribution in [3.8, 4) is 0 Å². The molecule has 1 aromatic heterocycles. The molecule has 0 unspecified atom stereocenters. The summed E-state index contributed by atoms with van der Waals surface area (Å²) in [4.78, 5) is 0. The molecule has 1 aromatic rings. The zero-order chi connectivity index (χ0) is 15.7. The van der Waals surface area contributed by atoms with Gasteiger partial charge in [0, 0.05) is 26.4 Å². The topological polar surface area (TPSA) is 78.4 Å². The van der Waals surface area contributed by atoms with Crippen molar-refractivity contribution in [1.29, 1.82) is 0 Å². The molecule has 0 atom stereocenters. The molecule has 0 fully saturated rings. The van der Waals surface area contributed by atoms with E-state index in [1.54, 1.807) is 0 Å². The zero-order valence-electron chi connectivity index (χ0n) is 13.0. The first-order valence-corrected chi connectivity index (χ1v) is 9.40. The summed E-state index contributed by atoms with van der Waals surface area (Å²) in [5.41, 5.74) is 0.